The van der Waals surface area contributed by atoms with Gasteiger partial charge in [0.1, 0.15) is 11.4 Å². The van der Waals surface area contributed by atoms with Crippen LogP contribution in [-0.4, -0.2) is 24.8 Å². The highest BCUT2D eigenvalue weighted by molar-refractivity contribution is 6.31. The van der Waals surface area contributed by atoms with Gasteiger partial charge in [0.15, 0.2) is 0 Å². The van der Waals surface area contributed by atoms with Crippen molar-refractivity contribution >= 4 is 24.0 Å². The molecule has 0 spiro atoms. The Labute approximate surface area is 152 Å². The van der Waals surface area contributed by atoms with Gasteiger partial charge in [-0.2, -0.15) is 0 Å². The van der Waals surface area contributed by atoms with Crippen molar-refractivity contribution in [3.8, 4) is 0 Å². The normalized spacial score (nSPS) is 21.8. The highest BCUT2D eigenvalue weighted by Crippen LogP contribution is 2.40. The number of hydrogen-bond donors (Lipinski definition) is 2. The van der Waals surface area contributed by atoms with Gasteiger partial charge in [0.2, 0.25) is 0 Å². The largest absolute Gasteiger partial charge is 0.388 e. The molecule has 0 bridgehead atoms. The highest BCUT2D eigenvalue weighted by Gasteiger charge is 2.41. The summed E-state index contributed by atoms with van der Waals surface area (Å²) in [5, 5.41) is 14.1. The molecule has 0 radical (unpaired) electrons. The quantitative estimate of drug-likeness (QED) is 0.857. The topological polar surface area (TPSA) is 41.5 Å². The lowest BCUT2D eigenvalue weighted by Gasteiger charge is -2.40. The molecular formula is C18H20Cl2FNO2. The number of benzene rings is 2. The Kier molecular flexibility index (Phi) is 6.61. The monoisotopic (exact) mass is 371 g/mol. The highest BCUT2D eigenvalue weighted by atomic mass is 35.5. The average molecular weight is 372 g/mol. The molecule has 2 aromatic rings. The number of aliphatic hydroxyl groups excluding tert-OH is 1. The fraction of sp³-hybridized carbons (Fsp3) is 0.333. The van der Waals surface area contributed by atoms with Crippen molar-refractivity contribution in [2.45, 2.75) is 18.1 Å². The Morgan fingerprint density at radius 2 is 1.96 bits per heavy atom. The fourth-order valence-electron chi connectivity index (χ4n) is 3.09. The van der Waals surface area contributed by atoms with Crippen LogP contribution in [0.25, 0.3) is 0 Å². The lowest BCUT2D eigenvalue weighted by Crippen LogP contribution is -2.49. The summed E-state index contributed by atoms with van der Waals surface area (Å²) in [7, 11) is 0. The predicted molar refractivity (Wildman–Crippen MR) is 95.2 cm³/mol. The van der Waals surface area contributed by atoms with Crippen LogP contribution in [0.3, 0.4) is 0 Å². The molecule has 1 aliphatic heterocycles. The van der Waals surface area contributed by atoms with Crippen LogP contribution in [0.1, 0.15) is 23.7 Å². The first-order valence-corrected chi connectivity index (χ1v) is 8.02. The van der Waals surface area contributed by atoms with Crippen molar-refractivity contribution in [3.63, 3.8) is 0 Å². The molecule has 2 atom stereocenters. The molecule has 130 valence electrons. The van der Waals surface area contributed by atoms with Crippen molar-refractivity contribution in [2.24, 2.45) is 0 Å². The second kappa shape index (κ2) is 8.28. The molecule has 2 unspecified atom stereocenters. The van der Waals surface area contributed by atoms with E-state index < -0.39 is 17.5 Å². The molecule has 0 amide bonds. The summed E-state index contributed by atoms with van der Waals surface area (Å²) in [6, 6.07) is 13.9. The predicted octanol–water partition coefficient (Wildman–Crippen LogP) is 3.84. The van der Waals surface area contributed by atoms with Crippen LogP contribution in [0.2, 0.25) is 5.02 Å². The van der Waals surface area contributed by atoms with Gasteiger partial charge < -0.3 is 15.2 Å². The second-order valence-corrected chi connectivity index (χ2v) is 6.15. The SMILES string of the molecule is Cl.OC(CC1(c2c(F)cccc2Cl)CNCCO1)c1ccccc1. The summed E-state index contributed by atoms with van der Waals surface area (Å²) in [4.78, 5) is 0. The average Bonchev–Trinajstić information content (AvgIpc) is 2.56. The van der Waals surface area contributed by atoms with Gasteiger partial charge >= 0.3 is 0 Å². The zero-order valence-corrected chi connectivity index (χ0v) is 14.6. The molecule has 0 aromatic heterocycles. The van der Waals surface area contributed by atoms with Crippen molar-refractivity contribution in [2.75, 3.05) is 19.7 Å². The number of ether oxygens (including phenoxy) is 1. The smallest absolute Gasteiger partial charge is 0.130 e. The maximum atomic E-state index is 14.5. The number of morpholine rings is 1. The van der Waals surface area contributed by atoms with E-state index in [1.54, 1.807) is 12.1 Å². The summed E-state index contributed by atoms with van der Waals surface area (Å²) >= 11 is 6.25. The van der Waals surface area contributed by atoms with E-state index in [2.05, 4.69) is 5.32 Å². The number of hydrogen-bond acceptors (Lipinski definition) is 3. The zero-order valence-electron chi connectivity index (χ0n) is 13.0. The van der Waals surface area contributed by atoms with E-state index in [0.29, 0.717) is 30.3 Å². The van der Waals surface area contributed by atoms with Gasteiger partial charge in [-0.1, -0.05) is 48.0 Å². The van der Waals surface area contributed by atoms with Crippen molar-refractivity contribution < 1.29 is 14.2 Å². The van der Waals surface area contributed by atoms with E-state index in [0.717, 1.165) is 5.56 Å². The summed E-state index contributed by atoms with van der Waals surface area (Å²) in [6.07, 6.45) is -0.545. The van der Waals surface area contributed by atoms with E-state index in [1.807, 2.05) is 30.3 Å². The summed E-state index contributed by atoms with van der Waals surface area (Å²) in [5.74, 6) is -0.415. The molecule has 0 aliphatic carbocycles. The maximum Gasteiger partial charge on any atom is 0.130 e. The third-order valence-corrected chi connectivity index (χ3v) is 4.51. The summed E-state index contributed by atoms with van der Waals surface area (Å²) in [5.41, 5.74) is 0.0907. The van der Waals surface area contributed by atoms with E-state index in [1.165, 1.54) is 6.07 Å². The Hall–Kier alpha value is -1.17. The van der Waals surface area contributed by atoms with Crippen molar-refractivity contribution in [1.29, 1.82) is 0 Å². The third-order valence-electron chi connectivity index (χ3n) is 4.19. The van der Waals surface area contributed by atoms with E-state index in [9.17, 15) is 9.50 Å². The Morgan fingerprint density at radius 1 is 1.21 bits per heavy atom. The maximum absolute atomic E-state index is 14.5. The molecule has 24 heavy (non-hydrogen) atoms. The standard InChI is InChI=1S/C18H19ClFNO2.ClH/c19-14-7-4-8-15(20)17(14)18(12-21-9-10-23-18)11-16(22)13-5-2-1-3-6-13;/h1-8,16,21-22H,9-12H2;1H. The third kappa shape index (κ3) is 3.90. The molecule has 0 saturated carbocycles. The van der Waals surface area contributed by atoms with Gasteiger partial charge in [-0.25, -0.2) is 4.39 Å². The van der Waals surface area contributed by atoms with Crippen molar-refractivity contribution in [1.82, 2.24) is 5.32 Å². The molecule has 2 aromatic carbocycles. The lowest BCUT2D eigenvalue weighted by atomic mass is 9.84. The van der Waals surface area contributed by atoms with Crippen LogP contribution in [0.15, 0.2) is 48.5 Å². The molecule has 2 N–H and O–H groups in total. The number of nitrogens with one attached hydrogen (secondary N) is 1. The zero-order chi connectivity index (χ0) is 16.3. The number of aliphatic hydroxyl groups is 1. The Balaban J connectivity index is 0.00000208. The first-order valence-electron chi connectivity index (χ1n) is 7.64. The minimum absolute atomic E-state index is 0. The minimum Gasteiger partial charge on any atom is -0.388 e. The summed E-state index contributed by atoms with van der Waals surface area (Å²) in [6.45, 7) is 1.53. The van der Waals surface area contributed by atoms with Crippen LogP contribution >= 0.6 is 24.0 Å². The molecule has 3 nitrogen and oxygen atoms in total. The lowest BCUT2D eigenvalue weighted by molar-refractivity contribution is -0.0993. The second-order valence-electron chi connectivity index (χ2n) is 5.75. The van der Waals surface area contributed by atoms with Gasteiger partial charge in [-0.3, -0.25) is 0 Å². The van der Waals surface area contributed by atoms with E-state index in [-0.39, 0.29) is 18.8 Å². The van der Waals surface area contributed by atoms with Crippen LogP contribution < -0.4 is 5.32 Å². The molecule has 1 fully saturated rings. The van der Waals surface area contributed by atoms with E-state index >= 15 is 0 Å². The molecular weight excluding hydrogens is 352 g/mol. The minimum atomic E-state index is -0.990. The van der Waals surface area contributed by atoms with E-state index in [4.69, 9.17) is 16.3 Å². The number of halogens is 3. The molecule has 1 saturated heterocycles. The molecule has 6 heteroatoms. The van der Waals surface area contributed by atoms with Gasteiger partial charge in [-0.15, -0.1) is 12.4 Å². The number of rotatable bonds is 4. The molecule has 3 rings (SSSR count). The molecule has 1 heterocycles. The first-order chi connectivity index (χ1) is 11.1. The first kappa shape index (κ1) is 19.2. The van der Waals surface area contributed by atoms with Crippen LogP contribution in [0.4, 0.5) is 4.39 Å². The van der Waals surface area contributed by atoms with Crippen molar-refractivity contribution in [3.05, 3.63) is 70.5 Å². The fourth-order valence-corrected chi connectivity index (χ4v) is 3.43. The van der Waals surface area contributed by atoms with Gasteiger partial charge in [0.05, 0.1) is 12.7 Å². The van der Waals surface area contributed by atoms with Crippen LogP contribution in [0.5, 0.6) is 0 Å². The van der Waals surface area contributed by atoms with Gasteiger partial charge in [0, 0.05) is 30.1 Å². The van der Waals surface area contributed by atoms with Gasteiger partial charge in [0.25, 0.3) is 0 Å². The molecule has 1 aliphatic rings. The van der Waals surface area contributed by atoms with Gasteiger partial charge in [-0.05, 0) is 17.7 Å². The van der Waals surface area contributed by atoms with Crippen LogP contribution in [0, 0.1) is 5.82 Å². The Bertz CT molecular complexity index is 643. The summed E-state index contributed by atoms with van der Waals surface area (Å²) < 4.78 is 20.4. The van der Waals surface area contributed by atoms with Crippen LogP contribution in [-0.2, 0) is 10.3 Å². The Morgan fingerprint density at radius 3 is 2.58 bits per heavy atom.